The molecule has 0 aliphatic heterocycles. The molecule has 5 N–H and O–H groups in total. The molecule has 1 rings (SSSR count). The molecular weight excluding hydrogens is 472 g/mol. The van der Waals surface area contributed by atoms with Gasteiger partial charge >= 0.3 is 6.03 Å². The SMILES string of the molecule is CNC(=O)[C@H](CCCCNC(C)=O)NC(=O)N(O)C(=O)[C@H](CCC(C)C)CSc1ccc(O)cc1. The summed E-state index contributed by atoms with van der Waals surface area (Å²) >= 11 is 1.39. The number of phenolic OH excluding ortho intramolecular Hbond substituents is 1. The fourth-order valence-electron chi connectivity index (χ4n) is 3.22. The molecule has 0 saturated carbocycles. The largest absolute Gasteiger partial charge is 0.508 e. The molecule has 0 spiro atoms. The number of nitrogens with one attached hydrogen (secondary N) is 3. The number of hydrogen-bond acceptors (Lipinski definition) is 7. The molecule has 0 bridgehead atoms. The Bertz CT molecular complexity index is 834. The molecule has 0 fully saturated rings. The number of aromatic hydroxyl groups is 1. The summed E-state index contributed by atoms with van der Waals surface area (Å²) in [5.41, 5.74) is 0. The van der Waals surface area contributed by atoms with Crippen LogP contribution in [0.1, 0.15) is 52.9 Å². The third kappa shape index (κ3) is 11.9. The summed E-state index contributed by atoms with van der Waals surface area (Å²) in [5, 5.41) is 27.4. The van der Waals surface area contributed by atoms with Gasteiger partial charge in [-0.15, -0.1) is 16.8 Å². The zero-order valence-corrected chi connectivity index (χ0v) is 21.7. The number of rotatable bonds is 14. The van der Waals surface area contributed by atoms with Crippen LogP contribution in [-0.4, -0.2) is 64.5 Å². The molecule has 0 radical (unpaired) electrons. The molecule has 0 aliphatic carbocycles. The molecule has 1 aromatic carbocycles. The van der Waals surface area contributed by atoms with Crippen LogP contribution in [0.25, 0.3) is 0 Å². The Hall–Kier alpha value is -2.79. The van der Waals surface area contributed by atoms with E-state index in [2.05, 4.69) is 16.0 Å². The van der Waals surface area contributed by atoms with Crippen molar-refractivity contribution in [3.63, 3.8) is 0 Å². The van der Waals surface area contributed by atoms with E-state index in [4.69, 9.17) is 0 Å². The summed E-state index contributed by atoms with van der Waals surface area (Å²) in [6, 6.07) is 4.56. The minimum atomic E-state index is -1.06. The third-order valence-corrected chi connectivity index (χ3v) is 6.46. The highest BCUT2D eigenvalue weighted by Gasteiger charge is 2.30. The summed E-state index contributed by atoms with van der Waals surface area (Å²) in [6.07, 6.45) is 2.64. The highest BCUT2D eigenvalue weighted by Crippen LogP contribution is 2.26. The van der Waals surface area contributed by atoms with Gasteiger partial charge in [-0.2, -0.15) is 0 Å². The number of unbranched alkanes of at least 4 members (excludes halogenated alkanes) is 1. The lowest BCUT2D eigenvalue weighted by Gasteiger charge is -2.24. The second kappa shape index (κ2) is 16.0. The maximum atomic E-state index is 13.0. The van der Waals surface area contributed by atoms with Gasteiger partial charge in [0.05, 0.1) is 5.92 Å². The van der Waals surface area contributed by atoms with Crippen LogP contribution >= 0.6 is 11.8 Å². The molecule has 0 aliphatic rings. The second-order valence-electron chi connectivity index (χ2n) is 8.72. The van der Waals surface area contributed by atoms with Crippen molar-refractivity contribution in [1.82, 2.24) is 21.0 Å². The van der Waals surface area contributed by atoms with E-state index in [0.29, 0.717) is 37.5 Å². The van der Waals surface area contributed by atoms with Crippen LogP contribution in [0.4, 0.5) is 4.79 Å². The highest BCUT2D eigenvalue weighted by atomic mass is 32.2. The number of carbonyl (C=O) groups excluding carboxylic acids is 4. The number of phenols is 1. The number of imide groups is 1. The Labute approximate surface area is 211 Å². The van der Waals surface area contributed by atoms with E-state index in [1.54, 1.807) is 24.3 Å². The smallest absolute Gasteiger partial charge is 0.349 e. The van der Waals surface area contributed by atoms with Crippen LogP contribution in [0.2, 0.25) is 0 Å². The number of urea groups is 1. The van der Waals surface area contributed by atoms with E-state index < -0.39 is 29.8 Å². The number of benzene rings is 1. The number of thioether (sulfide) groups is 1. The zero-order chi connectivity index (χ0) is 26.4. The van der Waals surface area contributed by atoms with Gasteiger partial charge in [-0.25, -0.2) is 4.79 Å². The molecule has 0 heterocycles. The molecule has 5 amide bonds. The standard InChI is InChI=1S/C24H38N4O6S/c1-16(2)8-9-18(15-35-20-12-10-19(30)11-13-20)23(32)28(34)24(33)27-21(22(31)25-4)7-5-6-14-26-17(3)29/h10-13,16,18,21,30,34H,5-9,14-15H2,1-4H3,(H,25,31)(H,26,29)(H,27,33)/t18-,21+/m1/s1. The third-order valence-electron chi connectivity index (χ3n) is 5.28. The Balaban J connectivity index is 2.77. The molecule has 1 aromatic rings. The second-order valence-corrected chi connectivity index (χ2v) is 9.81. The van der Waals surface area contributed by atoms with Gasteiger partial charge in [0, 0.05) is 31.2 Å². The van der Waals surface area contributed by atoms with Gasteiger partial charge in [-0.3, -0.25) is 19.6 Å². The first kappa shape index (κ1) is 30.2. The predicted molar refractivity (Wildman–Crippen MR) is 134 cm³/mol. The van der Waals surface area contributed by atoms with E-state index in [1.165, 1.54) is 25.7 Å². The number of hydroxylamine groups is 2. The van der Waals surface area contributed by atoms with E-state index >= 15 is 0 Å². The van der Waals surface area contributed by atoms with E-state index in [-0.39, 0.29) is 23.1 Å². The van der Waals surface area contributed by atoms with Crippen molar-refractivity contribution in [2.45, 2.75) is 63.8 Å². The van der Waals surface area contributed by atoms with Crippen LogP contribution in [0.5, 0.6) is 5.75 Å². The van der Waals surface area contributed by atoms with Gasteiger partial charge in [-0.1, -0.05) is 20.3 Å². The molecule has 0 aromatic heterocycles. The lowest BCUT2D eigenvalue weighted by Crippen LogP contribution is -2.52. The normalized spacial score (nSPS) is 12.5. The highest BCUT2D eigenvalue weighted by molar-refractivity contribution is 7.99. The number of likely N-dealkylation sites (N-methyl/N-ethyl adjacent to an activating group) is 1. The average molecular weight is 511 g/mol. The number of carbonyl (C=O) groups is 4. The molecule has 0 saturated heterocycles. The van der Waals surface area contributed by atoms with Crippen molar-refractivity contribution in [3.05, 3.63) is 24.3 Å². The molecule has 0 unspecified atom stereocenters. The Morgan fingerprint density at radius 3 is 2.26 bits per heavy atom. The van der Waals surface area contributed by atoms with Gasteiger partial charge in [0.15, 0.2) is 0 Å². The number of nitrogens with zero attached hydrogens (tertiary/aromatic N) is 1. The minimum absolute atomic E-state index is 0.0651. The van der Waals surface area contributed by atoms with Gasteiger partial charge < -0.3 is 21.1 Å². The van der Waals surface area contributed by atoms with Crippen molar-refractivity contribution < 1.29 is 29.5 Å². The summed E-state index contributed by atoms with van der Waals surface area (Å²) in [5.74, 6) is -1.15. The van der Waals surface area contributed by atoms with Crippen LogP contribution in [-0.2, 0) is 14.4 Å². The van der Waals surface area contributed by atoms with Gasteiger partial charge in [0.25, 0.3) is 5.91 Å². The van der Waals surface area contributed by atoms with E-state index in [0.717, 1.165) is 11.3 Å². The first-order valence-electron chi connectivity index (χ1n) is 11.8. The van der Waals surface area contributed by atoms with Crippen LogP contribution in [0.15, 0.2) is 29.2 Å². The first-order valence-corrected chi connectivity index (χ1v) is 12.7. The van der Waals surface area contributed by atoms with Crippen molar-refractivity contribution in [2.75, 3.05) is 19.3 Å². The fourth-order valence-corrected chi connectivity index (χ4v) is 4.25. The quantitative estimate of drug-likeness (QED) is 0.112. The van der Waals surface area contributed by atoms with Gasteiger partial charge in [0.2, 0.25) is 11.8 Å². The van der Waals surface area contributed by atoms with Crippen molar-refractivity contribution >= 4 is 35.5 Å². The molecular formula is C24H38N4O6S. The Morgan fingerprint density at radius 2 is 1.69 bits per heavy atom. The Morgan fingerprint density at radius 1 is 1.03 bits per heavy atom. The fraction of sp³-hybridized carbons (Fsp3) is 0.583. The minimum Gasteiger partial charge on any atom is -0.508 e. The Kier molecular flexibility index (Phi) is 13.8. The van der Waals surface area contributed by atoms with Crippen LogP contribution in [0, 0.1) is 11.8 Å². The summed E-state index contributed by atoms with van der Waals surface area (Å²) in [6.45, 7) is 5.92. The van der Waals surface area contributed by atoms with E-state index in [1.807, 2.05) is 13.8 Å². The summed E-state index contributed by atoms with van der Waals surface area (Å²) in [7, 11) is 1.43. The topological polar surface area (TPSA) is 148 Å². The van der Waals surface area contributed by atoms with E-state index in [9.17, 15) is 29.5 Å². The van der Waals surface area contributed by atoms with Crippen molar-refractivity contribution in [3.8, 4) is 5.75 Å². The molecule has 2 atom stereocenters. The van der Waals surface area contributed by atoms with Gasteiger partial charge in [-0.05, 0) is 55.9 Å². The molecule has 196 valence electrons. The maximum Gasteiger partial charge on any atom is 0.349 e. The monoisotopic (exact) mass is 510 g/mol. The summed E-state index contributed by atoms with van der Waals surface area (Å²) in [4.78, 5) is 49.6. The molecule has 11 heteroatoms. The summed E-state index contributed by atoms with van der Waals surface area (Å²) < 4.78 is 0. The average Bonchev–Trinajstić information content (AvgIpc) is 2.82. The number of hydrogen-bond donors (Lipinski definition) is 5. The lowest BCUT2D eigenvalue weighted by atomic mass is 9.98. The lowest BCUT2D eigenvalue weighted by molar-refractivity contribution is -0.157. The first-order chi connectivity index (χ1) is 16.5. The van der Waals surface area contributed by atoms with Crippen molar-refractivity contribution in [1.29, 1.82) is 0 Å². The number of amides is 5. The van der Waals surface area contributed by atoms with Gasteiger partial charge in [0.1, 0.15) is 11.8 Å². The van der Waals surface area contributed by atoms with Crippen molar-refractivity contribution in [2.24, 2.45) is 11.8 Å². The predicted octanol–water partition coefficient (Wildman–Crippen LogP) is 2.89. The molecule has 35 heavy (non-hydrogen) atoms. The molecule has 10 nitrogen and oxygen atoms in total. The zero-order valence-electron chi connectivity index (χ0n) is 20.9. The van der Waals surface area contributed by atoms with Crippen LogP contribution in [0.3, 0.4) is 0 Å². The van der Waals surface area contributed by atoms with Crippen LogP contribution < -0.4 is 16.0 Å². The maximum absolute atomic E-state index is 13.0.